The fourth-order valence-corrected chi connectivity index (χ4v) is 6.31. The molecule has 1 aromatic carbocycles. The molecule has 3 amide bonds. The third-order valence-corrected chi connectivity index (χ3v) is 8.05. The van der Waals surface area contributed by atoms with E-state index in [2.05, 4.69) is 31.1 Å². The van der Waals surface area contributed by atoms with Crippen LogP contribution in [0.15, 0.2) is 49.1 Å². The van der Waals surface area contributed by atoms with Gasteiger partial charge in [-0.3, -0.25) is 14.4 Å². The summed E-state index contributed by atoms with van der Waals surface area (Å²) >= 11 is 0. The number of carbonyl (C=O) groups is 3. The van der Waals surface area contributed by atoms with E-state index in [1.165, 1.54) is 12.0 Å². The van der Waals surface area contributed by atoms with Gasteiger partial charge < -0.3 is 20.3 Å². The van der Waals surface area contributed by atoms with Gasteiger partial charge in [0.2, 0.25) is 17.7 Å². The van der Waals surface area contributed by atoms with E-state index in [0.717, 1.165) is 25.7 Å². The maximum Gasteiger partial charge on any atom is 0.246 e. The SMILES string of the molecule is C=CCN1C(=O)[C@@H]2[C@H](C(=O)Nc3ccc(C(C)C)cc3)[C@@H]3C=C[C@@]2(O3)[C@H]1C(=O)NC1CCCCC1. The predicted molar refractivity (Wildman–Crippen MR) is 134 cm³/mol. The van der Waals surface area contributed by atoms with Crippen molar-refractivity contribution in [2.45, 2.75) is 75.7 Å². The van der Waals surface area contributed by atoms with Crippen molar-refractivity contribution in [2.24, 2.45) is 11.8 Å². The Kier molecular flexibility index (Phi) is 6.30. The summed E-state index contributed by atoms with van der Waals surface area (Å²) in [5.41, 5.74) is 0.735. The van der Waals surface area contributed by atoms with E-state index in [-0.39, 0.29) is 30.3 Å². The lowest BCUT2D eigenvalue weighted by Gasteiger charge is -2.33. The molecule has 1 saturated carbocycles. The van der Waals surface area contributed by atoms with E-state index in [1.807, 2.05) is 36.4 Å². The van der Waals surface area contributed by atoms with Crippen LogP contribution in [-0.2, 0) is 19.1 Å². The molecule has 7 nitrogen and oxygen atoms in total. The Morgan fingerprint density at radius 1 is 1.17 bits per heavy atom. The number of hydrogen-bond donors (Lipinski definition) is 2. The van der Waals surface area contributed by atoms with Crippen molar-refractivity contribution >= 4 is 23.4 Å². The first-order valence-corrected chi connectivity index (χ1v) is 12.9. The Morgan fingerprint density at radius 2 is 1.89 bits per heavy atom. The van der Waals surface area contributed by atoms with Gasteiger partial charge in [-0.05, 0) is 36.5 Å². The summed E-state index contributed by atoms with van der Waals surface area (Å²) in [6, 6.07) is 7.06. The number of ether oxygens (including phenoxy) is 1. The van der Waals surface area contributed by atoms with E-state index >= 15 is 0 Å². The van der Waals surface area contributed by atoms with Crippen LogP contribution in [0.25, 0.3) is 0 Å². The summed E-state index contributed by atoms with van der Waals surface area (Å²) in [5.74, 6) is -1.73. The van der Waals surface area contributed by atoms with Gasteiger partial charge in [-0.2, -0.15) is 0 Å². The van der Waals surface area contributed by atoms with Crippen LogP contribution in [0.5, 0.6) is 0 Å². The number of likely N-dealkylation sites (tertiary alicyclic amines) is 1. The Bertz CT molecular complexity index is 1040. The van der Waals surface area contributed by atoms with E-state index < -0.39 is 29.6 Å². The third-order valence-electron chi connectivity index (χ3n) is 8.05. The van der Waals surface area contributed by atoms with E-state index in [4.69, 9.17) is 4.74 Å². The molecule has 2 bridgehead atoms. The number of benzene rings is 1. The normalized spacial score (nSPS) is 31.6. The van der Waals surface area contributed by atoms with Crippen molar-refractivity contribution < 1.29 is 19.1 Å². The zero-order valence-electron chi connectivity index (χ0n) is 20.5. The molecule has 0 radical (unpaired) electrons. The summed E-state index contributed by atoms with van der Waals surface area (Å²) < 4.78 is 6.35. The first-order valence-electron chi connectivity index (χ1n) is 12.9. The van der Waals surface area contributed by atoms with Crippen molar-refractivity contribution in [3.63, 3.8) is 0 Å². The molecule has 4 aliphatic rings. The van der Waals surface area contributed by atoms with E-state index in [9.17, 15) is 14.4 Å². The molecule has 0 aromatic heterocycles. The minimum atomic E-state index is -1.13. The zero-order chi connectivity index (χ0) is 24.7. The largest absolute Gasteiger partial charge is 0.359 e. The summed E-state index contributed by atoms with van der Waals surface area (Å²) in [5, 5.41) is 6.15. The Balaban J connectivity index is 1.39. The molecule has 3 heterocycles. The molecule has 0 unspecified atom stereocenters. The first kappa shape index (κ1) is 23.8. The second kappa shape index (κ2) is 9.26. The highest BCUT2D eigenvalue weighted by Crippen LogP contribution is 2.55. The summed E-state index contributed by atoms with van der Waals surface area (Å²) in [7, 11) is 0. The van der Waals surface area contributed by atoms with Crippen molar-refractivity contribution in [1.29, 1.82) is 0 Å². The molecule has 7 heteroatoms. The molecule has 1 aliphatic carbocycles. The predicted octanol–water partition coefficient (Wildman–Crippen LogP) is 3.53. The molecule has 186 valence electrons. The van der Waals surface area contributed by atoms with Crippen molar-refractivity contribution in [3.05, 3.63) is 54.6 Å². The van der Waals surface area contributed by atoms with Gasteiger partial charge in [-0.1, -0.05) is 63.5 Å². The molecule has 3 aliphatic heterocycles. The minimum absolute atomic E-state index is 0.114. The molecule has 3 fully saturated rings. The maximum atomic E-state index is 13.7. The summed E-state index contributed by atoms with van der Waals surface area (Å²) in [6.07, 6.45) is 10.0. The van der Waals surface area contributed by atoms with E-state index in [0.29, 0.717) is 11.6 Å². The molecule has 35 heavy (non-hydrogen) atoms. The molecule has 5 atom stereocenters. The number of nitrogens with zero attached hydrogens (tertiary/aromatic N) is 1. The average molecular weight is 478 g/mol. The lowest BCUT2D eigenvalue weighted by molar-refractivity contribution is -0.140. The molecule has 1 aromatic rings. The van der Waals surface area contributed by atoms with Crippen LogP contribution < -0.4 is 10.6 Å². The number of rotatable bonds is 7. The summed E-state index contributed by atoms with van der Waals surface area (Å²) in [4.78, 5) is 42.2. The minimum Gasteiger partial charge on any atom is -0.359 e. The molecular formula is C28H35N3O4. The number of anilines is 1. The van der Waals surface area contributed by atoms with Crippen LogP contribution in [0.2, 0.25) is 0 Å². The van der Waals surface area contributed by atoms with E-state index in [1.54, 1.807) is 11.0 Å². The molecule has 5 rings (SSSR count). The lowest BCUT2D eigenvalue weighted by atomic mass is 9.74. The van der Waals surface area contributed by atoms with Gasteiger partial charge >= 0.3 is 0 Å². The molecule has 2 saturated heterocycles. The van der Waals surface area contributed by atoms with Gasteiger partial charge in [0.05, 0.1) is 17.9 Å². The van der Waals surface area contributed by atoms with Crippen LogP contribution in [0, 0.1) is 11.8 Å². The highest BCUT2D eigenvalue weighted by Gasteiger charge is 2.72. The zero-order valence-corrected chi connectivity index (χ0v) is 20.5. The highest BCUT2D eigenvalue weighted by molar-refractivity contribution is 6.02. The van der Waals surface area contributed by atoms with Crippen molar-refractivity contribution in [2.75, 3.05) is 11.9 Å². The number of fused-ring (bicyclic) bond motifs is 1. The number of carbonyl (C=O) groups excluding carboxylic acids is 3. The Morgan fingerprint density at radius 3 is 2.54 bits per heavy atom. The first-order chi connectivity index (χ1) is 16.9. The third kappa shape index (κ3) is 3.99. The van der Waals surface area contributed by atoms with Crippen LogP contribution in [-0.4, -0.2) is 53.0 Å². The van der Waals surface area contributed by atoms with Gasteiger partial charge in [0.1, 0.15) is 11.6 Å². The van der Waals surface area contributed by atoms with Gasteiger partial charge in [0.15, 0.2) is 0 Å². The maximum absolute atomic E-state index is 13.7. The monoisotopic (exact) mass is 477 g/mol. The quantitative estimate of drug-likeness (QED) is 0.588. The Labute approximate surface area is 207 Å². The van der Waals surface area contributed by atoms with Gasteiger partial charge in [0, 0.05) is 18.3 Å². The second-order valence-corrected chi connectivity index (χ2v) is 10.6. The van der Waals surface area contributed by atoms with Crippen LogP contribution in [0.3, 0.4) is 0 Å². The second-order valence-electron chi connectivity index (χ2n) is 10.6. The summed E-state index contributed by atoms with van der Waals surface area (Å²) in [6.45, 7) is 8.25. The highest BCUT2D eigenvalue weighted by atomic mass is 16.5. The standard InChI is InChI=1S/C28H35N3O4/c1-4-16-31-24(26(33)30-19-8-6-5-7-9-19)28-15-14-21(35-28)22(23(28)27(31)34)25(32)29-20-12-10-18(11-13-20)17(2)3/h4,10-15,17,19,21-24H,1,5-9,16H2,2-3H3,(H,29,32)(H,30,33)/t21-,22+,23-,24+,28-/m0/s1. The molecule has 2 N–H and O–H groups in total. The van der Waals surface area contributed by atoms with Gasteiger partial charge in [-0.15, -0.1) is 6.58 Å². The van der Waals surface area contributed by atoms with Crippen molar-refractivity contribution in [3.8, 4) is 0 Å². The average Bonchev–Trinajstić information content (AvgIpc) is 3.48. The topological polar surface area (TPSA) is 87.7 Å². The number of nitrogens with one attached hydrogen (secondary N) is 2. The fourth-order valence-electron chi connectivity index (χ4n) is 6.31. The number of amides is 3. The molecule has 1 spiro atoms. The van der Waals surface area contributed by atoms with Crippen LogP contribution in [0.1, 0.15) is 57.4 Å². The Hall–Kier alpha value is -2.93. The van der Waals surface area contributed by atoms with Crippen LogP contribution in [0.4, 0.5) is 5.69 Å². The molecular weight excluding hydrogens is 442 g/mol. The van der Waals surface area contributed by atoms with Crippen LogP contribution >= 0.6 is 0 Å². The van der Waals surface area contributed by atoms with Crippen molar-refractivity contribution in [1.82, 2.24) is 10.2 Å². The van der Waals surface area contributed by atoms with Gasteiger partial charge in [-0.25, -0.2) is 0 Å². The van der Waals surface area contributed by atoms with Gasteiger partial charge in [0.25, 0.3) is 0 Å². The lowest BCUT2D eigenvalue weighted by Crippen LogP contribution is -2.56. The smallest absolute Gasteiger partial charge is 0.246 e. The number of hydrogen-bond acceptors (Lipinski definition) is 4. The fraction of sp³-hybridized carbons (Fsp3) is 0.536.